The van der Waals surface area contributed by atoms with Crippen molar-refractivity contribution in [2.75, 3.05) is 0 Å². The van der Waals surface area contributed by atoms with Gasteiger partial charge < -0.3 is 0 Å². The van der Waals surface area contributed by atoms with Gasteiger partial charge in [0.15, 0.2) is 5.78 Å². The van der Waals surface area contributed by atoms with Crippen molar-refractivity contribution in [1.29, 1.82) is 0 Å². The number of rotatable bonds is 4. The van der Waals surface area contributed by atoms with Gasteiger partial charge >= 0.3 is 0 Å². The largest absolute Gasteiger partial charge is 0.294 e. The number of benzene rings is 1. The highest BCUT2D eigenvalue weighted by Crippen LogP contribution is 2.37. The molecule has 0 amide bonds. The summed E-state index contributed by atoms with van der Waals surface area (Å²) >= 11 is 24.2. The molecule has 22 heavy (non-hydrogen) atoms. The summed E-state index contributed by atoms with van der Waals surface area (Å²) in [4.78, 5) is 12.4. The molecule has 0 saturated heterocycles. The summed E-state index contributed by atoms with van der Waals surface area (Å²) < 4.78 is -1.88. The Morgan fingerprint density at radius 3 is 2.41 bits per heavy atom. The topological polar surface area (TPSA) is 41.8 Å². The fraction of sp³-hybridized carbons (Fsp3) is 0.533. The summed E-state index contributed by atoms with van der Waals surface area (Å²) in [6.07, 6.45) is 4.77. The Labute approximate surface area is 150 Å². The number of halogens is 4. The number of aryl methyl sites for hydroxylation is 1. The van der Waals surface area contributed by atoms with Crippen molar-refractivity contribution in [1.82, 2.24) is 0 Å². The second kappa shape index (κ2) is 7.48. The number of hydrogen-bond acceptors (Lipinski definition) is 3. The van der Waals surface area contributed by atoms with E-state index in [9.17, 15) is 4.79 Å². The first-order valence-electron chi connectivity index (χ1n) is 7.12. The van der Waals surface area contributed by atoms with Crippen molar-refractivity contribution < 1.29 is 4.79 Å². The van der Waals surface area contributed by atoms with Crippen molar-refractivity contribution in [3.63, 3.8) is 0 Å². The second-order valence-electron chi connectivity index (χ2n) is 5.49. The molecule has 1 aromatic carbocycles. The van der Waals surface area contributed by atoms with Crippen molar-refractivity contribution in [2.45, 2.75) is 43.5 Å². The average Bonchev–Trinajstić information content (AvgIpc) is 2.46. The van der Waals surface area contributed by atoms with Gasteiger partial charge in [0.05, 0.1) is 5.02 Å². The van der Waals surface area contributed by atoms with Gasteiger partial charge in [0.1, 0.15) is 5.69 Å². The minimum absolute atomic E-state index is 0.149. The fourth-order valence-corrected chi connectivity index (χ4v) is 3.61. The van der Waals surface area contributed by atoms with Gasteiger partial charge in [0.25, 0.3) is 4.46 Å². The van der Waals surface area contributed by atoms with Crippen LogP contribution in [-0.4, -0.2) is 10.2 Å². The molecule has 3 nitrogen and oxygen atoms in total. The lowest BCUT2D eigenvalue weighted by atomic mass is 9.86. The quantitative estimate of drug-likeness (QED) is 0.326. The van der Waals surface area contributed by atoms with Crippen LogP contribution in [0.2, 0.25) is 10.0 Å². The van der Waals surface area contributed by atoms with E-state index in [0.29, 0.717) is 15.7 Å². The summed E-state index contributed by atoms with van der Waals surface area (Å²) in [5, 5.41) is 8.65. The maximum Gasteiger partial charge on any atom is 0.286 e. The van der Waals surface area contributed by atoms with Crippen molar-refractivity contribution in [3.8, 4) is 0 Å². The zero-order valence-corrected chi connectivity index (χ0v) is 15.1. The van der Waals surface area contributed by atoms with Gasteiger partial charge in [0, 0.05) is 10.9 Å². The number of hydrogen-bond donors (Lipinski definition) is 0. The fourth-order valence-electron chi connectivity index (χ4n) is 2.59. The lowest BCUT2D eigenvalue weighted by Crippen LogP contribution is -2.31. The summed E-state index contributed by atoms with van der Waals surface area (Å²) in [5.41, 5.74) is 1.14. The normalized spacial score (nSPS) is 17.1. The summed E-state index contributed by atoms with van der Waals surface area (Å²) in [7, 11) is 0. The highest BCUT2D eigenvalue weighted by molar-refractivity contribution is 6.58. The predicted octanol–water partition coefficient (Wildman–Crippen LogP) is 6.67. The van der Waals surface area contributed by atoms with Crippen LogP contribution in [0.25, 0.3) is 0 Å². The van der Waals surface area contributed by atoms with Gasteiger partial charge in [-0.1, -0.05) is 65.7 Å². The maximum absolute atomic E-state index is 12.4. The third kappa shape index (κ3) is 4.35. The van der Waals surface area contributed by atoms with E-state index in [1.54, 1.807) is 19.1 Å². The van der Waals surface area contributed by atoms with Crippen molar-refractivity contribution in [3.05, 3.63) is 27.7 Å². The Morgan fingerprint density at radius 1 is 1.18 bits per heavy atom. The van der Waals surface area contributed by atoms with Crippen molar-refractivity contribution >= 4 is 57.9 Å². The Morgan fingerprint density at radius 2 is 1.82 bits per heavy atom. The monoisotopic (exact) mass is 380 g/mol. The van der Waals surface area contributed by atoms with Gasteiger partial charge in [-0.05, 0) is 37.5 Å². The van der Waals surface area contributed by atoms with E-state index >= 15 is 0 Å². The van der Waals surface area contributed by atoms with E-state index in [2.05, 4.69) is 10.2 Å². The molecule has 0 atom stereocenters. The van der Waals surface area contributed by atoms with Gasteiger partial charge in [0.2, 0.25) is 0 Å². The van der Waals surface area contributed by atoms with Gasteiger partial charge in [-0.2, -0.15) is 5.11 Å². The number of nitrogens with zero attached hydrogens (tertiary/aromatic N) is 2. The maximum atomic E-state index is 12.4. The van der Waals surface area contributed by atoms with E-state index < -0.39 is 4.46 Å². The van der Waals surface area contributed by atoms with Crippen LogP contribution in [0.1, 0.15) is 37.7 Å². The van der Waals surface area contributed by atoms with Crippen LogP contribution in [0.4, 0.5) is 5.69 Å². The molecule has 1 aliphatic rings. The number of azo groups is 1. The Bertz CT molecular complexity index is 572. The molecule has 0 heterocycles. The standard InChI is InChI=1S/C15H16Cl4N2O/c1-9-7-11(16)8-12(17)13(9)20-21-15(18,19)14(22)10-5-3-2-4-6-10/h7-8,10H,2-6H2,1H3/b21-20+. The van der Waals surface area contributed by atoms with Gasteiger partial charge in [-0.25, -0.2) is 0 Å². The van der Waals surface area contributed by atoms with Crippen LogP contribution in [-0.2, 0) is 4.79 Å². The molecular formula is C15H16Cl4N2O. The first-order valence-corrected chi connectivity index (χ1v) is 8.63. The molecule has 0 aromatic heterocycles. The zero-order valence-electron chi connectivity index (χ0n) is 12.1. The molecule has 1 aliphatic carbocycles. The number of Topliss-reactive ketones (excluding diaryl/α,β-unsaturated/α-hetero) is 1. The molecule has 2 rings (SSSR count). The Balaban J connectivity index is 2.18. The SMILES string of the molecule is Cc1cc(Cl)cc(Cl)c1/N=N/C(Cl)(Cl)C(=O)C1CCCCC1. The Hall–Kier alpha value is -0.350. The molecule has 0 spiro atoms. The molecule has 0 unspecified atom stereocenters. The number of alkyl halides is 2. The molecule has 0 radical (unpaired) electrons. The predicted molar refractivity (Wildman–Crippen MR) is 91.7 cm³/mol. The smallest absolute Gasteiger partial charge is 0.286 e. The van der Waals surface area contributed by atoms with E-state index in [1.165, 1.54) is 0 Å². The van der Waals surface area contributed by atoms with Crippen LogP contribution in [0, 0.1) is 12.8 Å². The average molecular weight is 382 g/mol. The van der Waals surface area contributed by atoms with E-state index in [4.69, 9.17) is 46.4 Å². The van der Waals surface area contributed by atoms with Crippen LogP contribution in [0.15, 0.2) is 22.4 Å². The van der Waals surface area contributed by atoms with Crippen molar-refractivity contribution in [2.24, 2.45) is 16.1 Å². The molecular weight excluding hydrogens is 366 g/mol. The molecule has 1 fully saturated rings. The molecule has 1 saturated carbocycles. The number of carbonyl (C=O) groups excluding carboxylic acids is 1. The first-order chi connectivity index (χ1) is 10.3. The molecule has 0 aliphatic heterocycles. The minimum atomic E-state index is -1.88. The minimum Gasteiger partial charge on any atom is -0.294 e. The molecule has 7 heteroatoms. The third-order valence-corrected chi connectivity index (χ3v) is 4.80. The molecule has 1 aromatic rings. The summed E-state index contributed by atoms with van der Waals surface area (Å²) in [6, 6.07) is 3.26. The second-order valence-corrected chi connectivity index (χ2v) is 7.62. The Kier molecular flexibility index (Phi) is 6.12. The lowest BCUT2D eigenvalue weighted by molar-refractivity contribution is -0.124. The van der Waals surface area contributed by atoms with Crippen LogP contribution < -0.4 is 0 Å². The number of carbonyl (C=O) groups is 1. The summed E-state index contributed by atoms with van der Waals surface area (Å²) in [5.74, 6) is -0.438. The molecule has 0 N–H and O–H groups in total. The molecule has 120 valence electrons. The van der Waals surface area contributed by atoms with Gasteiger partial charge in [-0.3, -0.25) is 4.79 Å². The molecule has 0 bridgehead atoms. The van der Waals surface area contributed by atoms with E-state index in [0.717, 1.165) is 37.7 Å². The summed E-state index contributed by atoms with van der Waals surface area (Å²) in [6.45, 7) is 1.79. The highest BCUT2D eigenvalue weighted by atomic mass is 35.5. The van der Waals surface area contributed by atoms with Crippen LogP contribution >= 0.6 is 46.4 Å². The van der Waals surface area contributed by atoms with E-state index in [1.807, 2.05) is 0 Å². The zero-order chi connectivity index (χ0) is 16.3. The highest BCUT2D eigenvalue weighted by Gasteiger charge is 2.39. The third-order valence-electron chi connectivity index (χ3n) is 3.77. The lowest BCUT2D eigenvalue weighted by Gasteiger charge is -2.24. The van der Waals surface area contributed by atoms with Crippen LogP contribution in [0.3, 0.4) is 0 Å². The van der Waals surface area contributed by atoms with E-state index in [-0.39, 0.29) is 11.7 Å². The van der Waals surface area contributed by atoms with Gasteiger partial charge in [-0.15, -0.1) is 5.11 Å². The van der Waals surface area contributed by atoms with Crippen LogP contribution in [0.5, 0.6) is 0 Å². The number of ketones is 1. The first kappa shape index (κ1) is 18.0.